The first-order valence-electron chi connectivity index (χ1n) is 6.83. The van der Waals surface area contributed by atoms with Crippen LogP contribution in [0.3, 0.4) is 0 Å². The summed E-state index contributed by atoms with van der Waals surface area (Å²) in [5, 5.41) is 3.18. The van der Waals surface area contributed by atoms with E-state index in [1.54, 1.807) is 0 Å². The van der Waals surface area contributed by atoms with Crippen molar-refractivity contribution >= 4 is 5.82 Å². The Morgan fingerprint density at radius 2 is 2.30 bits per heavy atom. The van der Waals surface area contributed by atoms with E-state index in [9.17, 15) is 4.79 Å². The molecule has 0 saturated heterocycles. The van der Waals surface area contributed by atoms with Crippen molar-refractivity contribution in [1.29, 1.82) is 0 Å². The number of benzene rings is 1. The van der Waals surface area contributed by atoms with E-state index in [0.29, 0.717) is 24.6 Å². The second-order valence-corrected chi connectivity index (χ2v) is 4.86. The number of hydrogen-bond donors (Lipinski definition) is 2. The van der Waals surface area contributed by atoms with E-state index in [-0.39, 0.29) is 11.7 Å². The summed E-state index contributed by atoms with van der Waals surface area (Å²) in [4.78, 5) is 18.5. The molecule has 0 aliphatic carbocycles. The van der Waals surface area contributed by atoms with E-state index in [0.717, 1.165) is 12.2 Å². The van der Waals surface area contributed by atoms with Gasteiger partial charge in [0, 0.05) is 18.9 Å². The van der Waals surface area contributed by atoms with E-state index in [2.05, 4.69) is 21.4 Å². The van der Waals surface area contributed by atoms with Gasteiger partial charge in [0.2, 0.25) is 0 Å². The Bertz CT molecular complexity index is 641. The summed E-state index contributed by atoms with van der Waals surface area (Å²) in [7, 11) is 0. The van der Waals surface area contributed by atoms with E-state index >= 15 is 0 Å². The van der Waals surface area contributed by atoms with Gasteiger partial charge in [-0.1, -0.05) is 25.1 Å². The van der Waals surface area contributed by atoms with Crippen LogP contribution in [-0.4, -0.2) is 22.6 Å². The van der Waals surface area contributed by atoms with Gasteiger partial charge in [-0.15, -0.1) is 0 Å². The number of para-hydroxylation sites is 1. The highest BCUT2D eigenvalue weighted by molar-refractivity contribution is 5.39. The lowest BCUT2D eigenvalue weighted by Gasteiger charge is -2.12. The van der Waals surface area contributed by atoms with Gasteiger partial charge in [-0.05, 0) is 11.6 Å². The number of H-pyrrole nitrogens is 1. The molecule has 3 rings (SSSR count). The van der Waals surface area contributed by atoms with Crippen molar-refractivity contribution < 1.29 is 4.74 Å². The van der Waals surface area contributed by atoms with Crippen molar-refractivity contribution in [3.8, 4) is 5.75 Å². The van der Waals surface area contributed by atoms with Crippen LogP contribution in [0.5, 0.6) is 5.75 Å². The minimum absolute atomic E-state index is 0.0820. The zero-order chi connectivity index (χ0) is 13.9. The smallest absolute Gasteiger partial charge is 0.252 e. The fourth-order valence-electron chi connectivity index (χ4n) is 2.35. The van der Waals surface area contributed by atoms with Gasteiger partial charge in [-0.3, -0.25) is 4.79 Å². The first kappa shape index (κ1) is 12.7. The number of hydrogen-bond acceptors (Lipinski definition) is 4. The minimum atomic E-state index is -0.130. The van der Waals surface area contributed by atoms with Crippen LogP contribution < -0.4 is 15.6 Å². The normalized spacial score (nSPS) is 16.6. The average molecular weight is 271 g/mol. The highest BCUT2D eigenvalue weighted by atomic mass is 16.5. The monoisotopic (exact) mass is 271 g/mol. The lowest BCUT2D eigenvalue weighted by atomic mass is 10.1. The van der Waals surface area contributed by atoms with Gasteiger partial charge in [-0.25, -0.2) is 4.98 Å². The van der Waals surface area contributed by atoms with E-state index in [1.807, 2.05) is 25.1 Å². The number of aryl methyl sites for hydroxylation is 1. The van der Waals surface area contributed by atoms with Crippen molar-refractivity contribution in [3.63, 3.8) is 0 Å². The molecule has 2 aromatic rings. The third kappa shape index (κ3) is 2.66. The van der Waals surface area contributed by atoms with Crippen molar-refractivity contribution in [2.45, 2.75) is 25.9 Å². The largest absolute Gasteiger partial charge is 0.488 e. The molecule has 20 heavy (non-hydrogen) atoms. The summed E-state index contributed by atoms with van der Waals surface area (Å²) in [5.41, 5.74) is 1.10. The Labute approximate surface area is 117 Å². The zero-order valence-electron chi connectivity index (χ0n) is 11.3. The molecule has 1 unspecified atom stereocenters. The van der Waals surface area contributed by atoms with E-state index < -0.39 is 0 Å². The molecule has 0 amide bonds. The van der Waals surface area contributed by atoms with Crippen LogP contribution in [0, 0.1) is 0 Å². The lowest BCUT2D eigenvalue weighted by molar-refractivity contribution is 0.246. The van der Waals surface area contributed by atoms with Crippen molar-refractivity contribution in [2.24, 2.45) is 0 Å². The van der Waals surface area contributed by atoms with Crippen LogP contribution in [-0.2, 0) is 12.8 Å². The van der Waals surface area contributed by atoms with Gasteiger partial charge < -0.3 is 15.0 Å². The summed E-state index contributed by atoms with van der Waals surface area (Å²) in [6.45, 7) is 2.59. The average Bonchev–Trinajstić information content (AvgIpc) is 2.87. The second-order valence-electron chi connectivity index (χ2n) is 4.86. The SMILES string of the molecule is CCc1nc(NCC2Cc3ccccc3O2)cc(=O)[nH]1. The van der Waals surface area contributed by atoms with Crippen molar-refractivity contribution in [1.82, 2.24) is 9.97 Å². The van der Waals surface area contributed by atoms with Crippen LogP contribution in [0.4, 0.5) is 5.82 Å². The maximum atomic E-state index is 11.5. The molecule has 104 valence electrons. The van der Waals surface area contributed by atoms with Crippen LogP contribution >= 0.6 is 0 Å². The standard InChI is InChI=1S/C15H17N3O2/c1-2-13-17-14(8-15(19)18-13)16-9-11-7-10-5-3-4-6-12(10)20-11/h3-6,8,11H,2,7,9H2,1H3,(H2,16,17,18,19). The quantitative estimate of drug-likeness (QED) is 0.889. The third-order valence-electron chi connectivity index (χ3n) is 3.35. The van der Waals surface area contributed by atoms with Crippen molar-refractivity contribution in [2.75, 3.05) is 11.9 Å². The molecule has 1 aromatic heterocycles. The maximum Gasteiger partial charge on any atom is 0.252 e. The summed E-state index contributed by atoms with van der Waals surface area (Å²) in [5.74, 6) is 2.24. The summed E-state index contributed by atoms with van der Waals surface area (Å²) in [6, 6.07) is 9.53. The first-order valence-corrected chi connectivity index (χ1v) is 6.83. The number of nitrogens with one attached hydrogen (secondary N) is 2. The first-order chi connectivity index (χ1) is 9.74. The fourth-order valence-corrected chi connectivity index (χ4v) is 2.35. The van der Waals surface area contributed by atoms with Gasteiger partial charge in [0.1, 0.15) is 23.5 Å². The number of fused-ring (bicyclic) bond motifs is 1. The van der Waals surface area contributed by atoms with Crippen LogP contribution in [0.1, 0.15) is 18.3 Å². The van der Waals surface area contributed by atoms with E-state index in [1.165, 1.54) is 11.6 Å². The molecule has 1 aliphatic rings. The summed E-state index contributed by atoms with van der Waals surface area (Å²) < 4.78 is 5.84. The number of ether oxygens (including phenoxy) is 1. The van der Waals surface area contributed by atoms with Crippen LogP contribution in [0.2, 0.25) is 0 Å². The zero-order valence-corrected chi connectivity index (χ0v) is 11.3. The Hall–Kier alpha value is -2.30. The minimum Gasteiger partial charge on any atom is -0.488 e. The molecule has 0 spiro atoms. The Balaban J connectivity index is 1.64. The van der Waals surface area contributed by atoms with Crippen molar-refractivity contribution in [3.05, 3.63) is 52.1 Å². The second kappa shape index (κ2) is 5.36. The predicted octanol–water partition coefficient (Wildman–Crippen LogP) is 1.75. The summed E-state index contributed by atoms with van der Waals surface area (Å²) in [6.07, 6.45) is 1.67. The van der Waals surface area contributed by atoms with Gasteiger partial charge in [-0.2, -0.15) is 0 Å². The van der Waals surface area contributed by atoms with Gasteiger partial charge >= 0.3 is 0 Å². The molecule has 1 aliphatic heterocycles. The number of aromatic nitrogens is 2. The Morgan fingerprint density at radius 3 is 3.10 bits per heavy atom. The van der Waals surface area contributed by atoms with Gasteiger partial charge in [0.15, 0.2) is 0 Å². The molecule has 0 saturated carbocycles. The molecule has 0 fully saturated rings. The Morgan fingerprint density at radius 1 is 1.45 bits per heavy atom. The van der Waals surface area contributed by atoms with Crippen LogP contribution in [0.25, 0.3) is 0 Å². The molecule has 2 heterocycles. The number of rotatable bonds is 4. The molecule has 0 radical (unpaired) electrons. The highest BCUT2D eigenvalue weighted by Crippen LogP contribution is 2.27. The maximum absolute atomic E-state index is 11.5. The molecular weight excluding hydrogens is 254 g/mol. The lowest BCUT2D eigenvalue weighted by Crippen LogP contribution is -2.25. The molecule has 1 aromatic carbocycles. The molecule has 2 N–H and O–H groups in total. The van der Waals surface area contributed by atoms with Gasteiger partial charge in [0.25, 0.3) is 5.56 Å². The molecule has 5 nitrogen and oxygen atoms in total. The number of anilines is 1. The van der Waals surface area contributed by atoms with E-state index in [4.69, 9.17) is 4.74 Å². The fraction of sp³-hybridized carbons (Fsp3) is 0.333. The molecule has 0 bridgehead atoms. The summed E-state index contributed by atoms with van der Waals surface area (Å²) >= 11 is 0. The predicted molar refractivity (Wildman–Crippen MR) is 77.3 cm³/mol. The third-order valence-corrected chi connectivity index (χ3v) is 3.35. The number of aromatic amines is 1. The number of nitrogens with zero attached hydrogens (tertiary/aromatic N) is 1. The Kier molecular flexibility index (Phi) is 3.41. The molecule has 5 heteroatoms. The molecular formula is C15H17N3O2. The topological polar surface area (TPSA) is 67.0 Å². The van der Waals surface area contributed by atoms with Crippen LogP contribution in [0.15, 0.2) is 35.1 Å². The van der Waals surface area contributed by atoms with Gasteiger partial charge in [0.05, 0.1) is 6.54 Å². The molecule has 1 atom stereocenters. The highest BCUT2D eigenvalue weighted by Gasteiger charge is 2.21.